The van der Waals surface area contributed by atoms with Crippen LogP contribution in [0.3, 0.4) is 0 Å². The highest BCUT2D eigenvalue weighted by atomic mass is 32.1. The molecule has 15 heavy (non-hydrogen) atoms. The number of Topliss-reactive ketones (excluding diaryl/α,β-unsaturated/α-hetero) is 1. The summed E-state index contributed by atoms with van der Waals surface area (Å²) in [7, 11) is 0. The summed E-state index contributed by atoms with van der Waals surface area (Å²) >= 11 is 1.81. The SMILES string of the molecule is CCCC(=O)CC(C)Cc1sccc1C. The normalized spacial score (nSPS) is 12.7. The Hall–Kier alpha value is -0.630. The molecule has 0 fully saturated rings. The molecule has 0 aromatic carbocycles. The predicted molar refractivity (Wildman–Crippen MR) is 66.5 cm³/mol. The van der Waals surface area contributed by atoms with Gasteiger partial charge in [-0.05, 0) is 42.7 Å². The van der Waals surface area contributed by atoms with Crippen molar-refractivity contribution in [3.05, 3.63) is 21.9 Å². The highest BCUT2D eigenvalue weighted by Crippen LogP contribution is 2.21. The Kier molecular flexibility index (Phi) is 5.03. The number of hydrogen-bond donors (Lipinski definition) is 0. The number of rotatable bonds is 6. The molecule has 0 saturated heterocycles. The van der Waals surface area contributed by atoms with E-state index in [2.05, 4.69) is 32.2 Å². The second-order valence-electron chi connectivity index (χ2n) is 4.33. The van der Waals surface area contributed by atoms with Crippen LogP contribution in [0.1, 0.15) is 43.6 Å². The second kappa shape index (κ2) is 6.06. The van der Waals surface area contributed by atoms with Crippen LogP contribution in [0.2, 0.25) is 0 Å². The van der Waals surface area contributed by atoms with Crippen LogP contribution in [0, 0.1) is 12.8 Å². The molecule has 0 amide bonds. The molecule has 1 unspecified atom stereocenters. The summed E-state index contributed by atoms with van der Waals surface area (Å²) in [5.41, 5.74) is 1.37. The molecule has 0 bridgehead atoms. The zero-order valence-corrected chi connectivity index (χ0v) is 10.7. The maximum absolute atomic E-state index is 11.5. The molecule has 1 rings (SSSR count). The van der Waals surface area contributed by atoms with Crippen LogP contribution >= 0.6 is 11.3 Å². The lowest BCUT2D eigenvalue weighted by Gasteiger charge is -2.09. The first-order valence-corrected chi connectivity index (χ1v) is 6.56. The van der Waals surface area contributed by atoms with E-state index in [1.54, 1.807) is 0 Å². The number of hydrogen-bond acceptors (Lipinski definition) is 2. The molecule has 1 nitrogen and oxygen atoms in total. The summed E-state index contributed by atoms with van der Waals surface area (Å²) in [5, 5.41) is 2.13. The van der Waals surface area contributed by atoms with Crippen LogP contribution in [0.5, 0.6) is 0 Å². The highest BCUT2D eigenvalue weighted by Gasteiger charge is 2.11. The van der Waals surface area contributed by atoms with Crippen LogP contribution in [0.15, 0.2) is 11.4 Å². The van der Waals surface area contributed by atoms with E-state index < -0.39 is 0 Å². The van der Waals surface area contributed by atoms with E-state index in [4.69, 9.17) is 0 Å². The Bertz CT molecular complexity index is 314. The van der Waals surface area contributed by atoms with Gasteiger partial charge in [0.1, 0.15) is 5.78 Å². The molecule has 0 N–H and O–H groups in total. The fourth-order valence-electron chi connectivity index (χ4n) is 1.77. The smallest absolute Gasteiger partial charge is 0.133 e. The summed E-state index contributed by atoms with van der Waals surface area (Å²) in [5.74, 6) is 0.903. The van der Waals surface area contributed by atoms with E-state index in [-0.39, 0.29) is 0 Å². The number of carbonyl (C=O) groups excluding carboxylic acids is 1. The summed E-state index contributed by atoms with van der Waals surface area (Å²) in [4.78, 5) is 12.9. The van der Waals surface area contributed by atoms with Gasteiger partial charge in [0.2, 0.25) is 0 Å². The van der Waals surface area contributed by atoms with Gasteiger partial charge in [0.25, 0.3) is 0 Å². The van der Waals surface area contributed by atoms with E-state index in [1.807, 2.05) is 11.3 Å². The van der Waals surface area contributed by atoms with Gasteiger partial charge in [-0.25, -0.2) is 0 Å². The van der Waals surface area contributed by atoms with Crippen LogP contribution in [0.4, 0.5) is 0 Å². The van der Waals surface area contributed by atoms with Gasteiger partial charge < -0.3 is 0 Å². The van der Waals surface area contributed by atoms with E-state index in [1.165, 1.54) is 10.4 Å². The lowest BCUT2D eigenvalue weighted by Crippen LogP contribution is -2.07. The minimum absolute atomic E-state index is 0.416. The molecule has 0 aliphatic rings. The molecule has 1 heterocycles. The quantitative estimate of drug-likeness (QED) is 0.714. The topological polar surface area (TPSA) is 17.1 Å². The first kappa shape index (κ1) is 12.4. The molecule has 0 spiro atoms. The molecule has 2 heteroatoms. The van der Waals surface area contributed by atoms with Crippen LogP contribution in [-0.4, -0.2) is 5.78 Å². The first-order chi connectivity index (χ1) is 7.13. The average molecular weight is 224 g/mol. The summed E-state index contributed by atoms with van der Waals surface area (Å²) < 4.78 is 0. The lowest BCUT2D eigenvalue weighted by atomic mass is 9.97. The molecule has 1 aromatic heterocycles. The highest BCUT2D eigenvalue weighted by molar-refractivity contribution is 7.10. The van der Waals surface area contributed by atoms with Crippen molar-refractivity contribution in [1.82, 2.24) is 0 Å². The molecule has 1 aromatic rings. The zero-order chi connectivity index (χ0) is 11.3. The maximum Gasteiger partial charge on any atom is 0.133 e. The Morgan fingerprint density at radius 1 is 1.53 bits per heavy atom. The van der Waals surface area contributed by atoms with E-state index in [0.717, 1.165) is 25.7 Å². The van der Waals surface area contributed by atoms with Gasteiger partial charge in [-0.15, -0.1) is 11.3 Å². The van der Waals surface area contributed by atoms with Crippen LogP contribution < -0.4 is 0 Å². The van der Waals surface area contributed by atoms with Gasteiger partial charge in [0, 0.05) is 17.7 Å². The minimum Gasteiger partial charge on any atom is -0.300 e. The monoisotopic (exact) mass is 224 g/mol. The Morgan fingerprint density at radius 2 is 2.27 bits per heavy atom. The standard InChI is InChI=1S/C13H20OS/c1-4-5-12(14)8-10(2)9-13-11(3)6-7-15-13/h6-7,10H,4-5,8-9H2,1-3H3. The van der Waals surface area contributed by atoms with Gasteiger partial charge in [-0.1, -0.05) is 13.8 Å². The summed E-state index contributed by atoms with van der Waals surface area (Å²) in [6.45, 7) is 6.38. The van der Waals surface area contributed by atoms with Gasteiger partial charge in [-0.3, -0.25) is 4.79 Å². The van der Waals surface area contributed by atoms with Crippen molar-refractivity contribution in [3.63, 3.8) is 0 Å². The third-order valence-electron chi connectivity index (χ3n) is 2.61. The van der Waals surface area contributed by atoms with Crippen molar-refractivity contribution in [2.75, 3.05) is 0 Å². The molecular weight excluding hydrogens is 204 g/mol. The predicted octanol–water partition coefficient (Wildman–Crippen LogP) is 3.99. The zero-order valence-electron chi connectivity index (χ0n) is 9.88. The molecule has 1 atom stereocenters. The molecule has 0 aliphatic heterocycles. The second-order valence-corrected chi connectivity index (χ2v) is 5.33. The number of aryl methyl sites for hydroxylation is 1. The van der Waals surface area contributed by atoms with Crippen molar-refractivity contribution >= 4 is 17.1 Å². The van der Waals surface area contributed by atoms with Gasteiger partial charge >= 0.3 is 0 Å². The van der Waals surface area contributed by atoms with E-state index in [9.17, 15) is 4.79 Å². The van der Waals surface area contributed by atoms with Crippen LogP contribution in [0.25, 0.3) is 0 Å². The molecular formula is C13H20OS. The maximum atomic E-state index is 11.5. The van der Waals surface area contributed by atoms with Gasteiger partial charge in [-0.2, -0.15) is 0 Å². The third-order valence-corrected chi connectivity index (χ3v) is 3.65. The Balaban J connectivity index is 2.39. The van der Waals surface area contributed by atoms with E-state index in [0.29, 0.717) is 11.7 Å². The number of carbonyl (C=O) groups is 1. The van der Waals surface area contributed by atoms with Crippen molar-refractivity contribution in [3.8, 4) is 0 Å². The molecule has 84 valence electrons. The Labute approximate surface area is 96.5 Å². The van der Waals surface area contributed by atoms with Crippen molar-refractivity contribution in [2.24, 2.45) is 5.92 Å². The van der Waals surface area contributed by atoms with Crippen molar-refractivity contribution in [2.45, 2.75) is 46.5 Å². The van der Waals surface area contributed by atoms with Gasteiger partial charge in [0.15, 0.2) is 0 Å². The largest absolute Gasteiger partial charge is 0.300 e. The molecule has 0 aliphatic carbocycles. The summed E-state index contributed by atoms with van der Waals surface area (Å²) in [6, 6.07) is 2.15. The lowest BCUT2D eigenvalue weighted by molar-refractivity contribution is -0.119. The molecule has 0 radical (unpaired) electrons. The van der Waals surface area contributed by atoms with Crippen LogP contribution in [-0.2, 0) is 11.2 Å². The van der Waals surface area contributed by atoms with E-state index >= 15 is 0 Å². The molecule has 0 saturated carbocycles. The van der Waals surface area contributed by atoms with Crippen molar-refractivity contribution < 1.29 is 4.79 Å². The minimum atomic E-state index is 0.416. The van der Waals surface area contributed by atoms with Gasteiger partial charge in [0.05, 0.1) is 0 Å². The number of thiophene rings is 1. The number of ketones is 1. The summed E-state index contributed by atoms with van der Waals surface area (Å²) in [6.07, 6.45) is 3.52. The average Bonchev–Trinajstić information content (AvgIpc) is 2.52. The first-order valence-electron chi connectivity index (χ1n) is 5.68. The fraction of sp³-hybridized carbons (Fsp3) is 0.615. The Morgan fingerprint density at radius 3 is 2.80 bits per heavy atom. The third kappa shape index (κ3) is 4.17. The van der Waals surface area contributed by atoms with Crippen molar-refractivity contribution in [1.29, 1.82) is 0 Å². The fourth-order valence-corrected chi connectivity index (χ4v) is 2.84.